The number of aliphatic hydroxyl groups excluding tert-OH is 1. The molecule has 1 aliphatic rings. The smallest absolute Gasteiger partial charge is 0.101 e. The van der Waals surface area contributed by atoms with Crippen molar-refractivity contribution in [1.82, 2.24) is 0 Å². The highest BCUT2D eigenvalue weighted by molar-refractivity contribution is 4.79. The van der Waals surface area contributed by atoms with E-state index in [2.05, 4.69) is 6.92 Å². The van der Waals surface area contributed by atoms with Gasteiger partial charge in [0.15, 0.2) is 0 Å². The topological polar surface area (TPSA) is 64.7 Å². The highest BCUT2D eigenvalue weighted by atomic mass is 16.5. The van der Waals surface area contributed by atoms with Gasteiger partial charge in [0.1, 0.15) is 6.10 Å². The number of ether oxygens (including phenoxy) is 2. The van der Waals surface area contributed by atoms with E-state index < -0.39 is 6.10 Å². The van der Waals surface area contributed by atoms with Crippen molar-refractivity contribution < 1.29 is 14.6 Å². The molecule has 0 bridgehead atoms. The number of nitrogens with two attached hydrogens (primary N) is 1. The van der Waals surface area contributed by atoms with Crippen LogP contribution in [0.15, 0.2) is 0 Å². The monoisotopic (exact) mass is 245 g/mol. The molecule has 4 nitrogen and oxygen atoms in total. The Morgan fingerprint density at radius 3 is 2.88 bits per heavy atom. The van der Waals surface area contributed by atoms with E-state index in [1.165, 1.54) is 6.42 Å². The van der Waals surface area contributed by atoms with Crippen molar-refractivity contribution in [2.24, 2.45) is 11.7 Å². The summed E-state index contributed by atoms with van der Waals surface area (Å²) in [7, 11) is 0. The van der Waals surface area contributed by atoms with Gasteiger partial charge >= 0.3 is 0 Å². The van der Waals surface area contributed by atoms with Crippen LogP contribution in [0.25, 0.3) is 0 Å². The van der Waals surface area contributed by atoms with Gasteiger partial charge in [0, 0.05) is 6.61 Å². The van der Waals surface area contributed by atoms with Crippen molar-refractivity contribution in [3.05, 3.63) is 0 Å². The van der Waals surface area contributed by atoms with Crippen molar-refractivity contribution >= 4 is 0 Å². The molecule has 1 rings (SSSR count). The SMILES string of the molecule is CCCCOCC(O)COC1CCCC1CN. The summed E-state index contributed by atoms with van der Waals surface area (Å²) in [6.07, 6.45) is 5.32. The van der Waals surface area contributed by atoms with Gasteiger partial charge < -0.3 is 20.3 Å². The quantitative estimate of drug-likeness (QED) is 0.601. The average Bonchev–Trinajstić information content (AvgIpc) is 2.79. The molecule has 0 aromatic rings. The first-order chi connectivity index (χ1) is 8.27. The van der Waals surface area contributed by atoms with Crippen LogP contribution in [-0.4, -0.2) is 43.7 Å². The van der Waals surface area contributed by atoms with Gasteiger partial charge in [-0.2, -0.15) is 0 Å². The lowest BCUT2D eigenvalue weighted by Gasteiger charge is -2.20. The van der Waals surface area contributed by atoms with E-state index >= 15 is 0 Å². The molecule has 1 saturated carbocycles. The minimum absolute atomic E-state index is 0.241. The number of hydrogen-bond acceptors (Lipinski definition) is 4. The van der Waals surface area contributed by atoms with Crippen molar-refractivity contribution in [2.75, 3.05) is 26.4 Å². The first-order valence-electron chi connectivity index (χ1n) is 6.85. The van der Waals surface area contributed by atoms with Crippen LogP contribution in [0.3, 0.4) is 0 Å². The maximum Gasteiger partial charge on any atom is 0.101 e. The standard InChI is InChI=1S/C13H27NO3/c1-2-3-7-16-9-12(15)10-17-13-6-4-5-11(13)8-14/h11-13,15H,2-10,14H2,1H3. The summed E-state index contributed by atoms with van der Waals surface area (Å²) in [5, 5.41) is 9.69. The van der Waals surface area contributed by atoms with Crippen LogP contribution in [-0.2, 0) is 9.47 Å². The molecule has 17 heavy (non-hydrogen) atoms. The van der Waals surface area contributed by atoms with Gasteiger partial charge in [-0.15, -0.1) is 0 Å². The van der Waals surface area contributed by atoms with Crippen LogP contribution in [0, 0.1) is 5.92 Å². The molecular formula is C13H27NO3. The summed E-state index contributed by atoms with van der Waals surface area (Å²) < 4.78 is 11.1. The second-order valence-corrected chi connectivity index (χ2v) is 4.88. The third-order valence-electron chi connectivity index (χ3n) is 3.35. The zero-order valence-electron chi connectivity index (χ0n) is 10.9. The fraction of sp³-hybridized carbons (Fsp3) is 1.00. The summed E-state index contributed by atoms with van der Waals surface area (Å²) in [6.45, 7) is 4.28. The van der Waals surface area contributed by atoms with Crippen LogP contribution in [0.4, 0.5) is 0 Å². The Hall–Kier alpha value is -0.160. The van der Waals surface area contributed by atoms with Crippen molar-refractivity contribution in [2.45, 2.75) is 51.2 Å². The fourth-order valence-electron chi connectivity index (χ4n) is 2.24. The van der Waals surface area contributed by atoms with Crippen molar-refractivity contribution in [1.29, 1.82) is 0 Å². The first-order valence-corrected chi connectivity index (χ1v) is 6.85. The number of rotatable bonds is 9. The second-order valence-electron chi connectivity index (χ2n) is 4.88. The van der Waals surface area contributed by atoms with E-state index in [0.717, 1.165) is 32.3 Å². The lowest BCUT2D eigenvalue weighted by atomic mass is 10.1. The molecule has 3 N–H and O–H groups in total. The second kappa shape index (κ2) is 8.86. The molecule has 0 spiro atoms. The predicted octanol–water partition coefficient (Wildman–Crippen LogP) is 1.31. The van der Waals surface area contributed by atoms with Crippen LogP contribution >= 0.6 is 0 Å². The fourth-order valence-corrected chi connectivity index (χ4v) is 2.24. The van der Waals surface area contributed by atoms with Gasteiger partial charge in [-0.05, 0) is 31.7 Å². The van der Waals surface area contributed by atoms with E-state index in [0.29, 0.717) is 25.7 Å². The zero-order valence-corrected chi connectivity index (χ0v) is 10.9. The Morgan fingerprint density at radius 1 is 1.35 bits per heavy atom. The lowest BCUT2D eigenvalue weighted by molar-refractivity contribution is -0.0530. The molecule has 102 valence electrons. The maximum absolute atomic E-state index is 9.69. The first kappa shape index (κ1) is 14.9. The van der Waals surface area contributed by atoms with E-state index in [1.807, 2.05) is 0 Å². The summed E-state index contributed by atoms with van der Waals surface area (Å²) >= 11 is 0. The van der Waals surface area contributed by atoms with Crippen molar-refractivity contribution in [3.63, 3.8) is 0 Å². The molecule has 1 fully saturated rings. The van der Waals surface area contributed by atoms with Crippen molar-refractivity contribution in [3.8, 4) is 0 Å². The molecule has 0 radical (unpaired) electrons. The number of unbranched alkanes of at least 4 members (excludes halogenated alkanes) is 1. The molecule has 0 heterocycles. The van der Waals surface area contributed by atoms with Gasteiger partial charge in [-0.3, -0.25) is 0 Å². The Labute approximate surface area is 104 Å². The summed E-state index contributed by atoms with van der Waals surface area (Å²) in [5.41, 5.74) is 5.68. The molecule has 3 unspecified atom stereocenters. The summed E-state index contributed by atoms with van der Waals surface area (Å²) in [6, 6.07) is 0. The number of aliphatic hydroxyl groups is 1. The summed E-state index contributed by atoms with van der Waals surface area (Å²) in [5.74, 6) is 0.475. The van der Waals surface area contributed by atoms with Crippen LogP contribution in [0.1, 0.15) is 39.0 Å². The van der Waals surface area contributed by atoms with Gasteiger partial charge in [-0.1, -0.05) is 19.8 Å². The molecule has 0 aliphatic heterocycles. The minimum Gasteiger partial charge on any atom is -0.388 e. The van der Waals surface area contributed by atoms with E-state index in [-0.39, 0.29) is 6.10 Å². The van der Waals surface area contributed by atoms with E-state index in [4.69, 9.17) is 15.2 Å². The highest BCUT2D eigenvalue weighted by Crippen LogP contribution is 2.27. The van der Waals surface area contributed by atoms with Crippen LogP contribution in [0.5, 0.6) is 0 Å². The Bertz CT molecular complexity index is 190. The van der Waals surface area contributed by atoms with Crippen LogP contribution in [0.2, 0.25) is 0 Å². The Balaban J connectivity index is 2.04. The molecule has 0 aromatic heterocycles. The minimum atomic E-state index is -0.508. The third kappa shape index (κ3) is 5.82. The molecule has 0 aromatic carbocycles. The molecule has 4 heteroatoms. The summed E-state index contributed by atoms with van der Waals surface area (Å²) in [4.78, 5) is 0. The van der Waals surface area contributed by atoms with E-state index in [1.54, 1.807) is 0 Å². The number of hydrogen-bond donors (Lipinski definition) is 2. The van der Waals surface area contributed by atoms with Gasteiger partial charge in [0.25, 0.3) is 0 Å². The maximum atomic E-state index is 9.69. The van der Waals surface area contributed by atoms with Crippen LogP contribution < -0.4 is 5.73 Å². The Morgan fingerprint density at radius 2 is 2.18 bits per heavy atom. The lowest BCUT2D eigenvalue weighted by Crippen LogP contribution is -2.30. The Kier molecular flexibility index (Phi) is 7.77. The predicted molar refractivity (Wildman–Crippen MR) is 67.9 cm³/mol. The molecule has 0 amide bonds. The molecular weight excluding hydrogens is 218 g/mol. The molecule has 1 aliphatic carbocycles. The highest BCUT2D eigenvalue weighted by Gasteiger charge is 2.27. The molecule has 3 atom stereocenters. The van der Waals surface area contributed by atoms with Gasteiger partial charge in [-0.25, -0.2) is 0 Å². The average molecular weight is 245 g/mol. The zero-order chi connectivity index (χ0) is 12.5. The largest absolute Gasteiger partial charge is 0.388 e. The van der Waals surface area contributed by atoms with Gasteiger partial charge in [0.2, 0.25) is 0 Å². The van der Waals surface area contributed by atoms with E-state index in [9.17, 15) is 5.11 Å². The molecule has 0 saturated heterocycles. The normalized spacial score (nSPS) is 26.3. The third-order valence-corrected chi connectivity index (χ3v) is 3.35. The van der Waals surface area contributed by atoms with Gasteiger partial charge in [0.05, 0.1) is 19.3 Å².